The fraction of sp³-hybridized carbons (Fsp3) is 0.688. The topological polar surface area (TPSA) is 487 Å². The minimum atomic E-state index is -1.64. The van der Waals surface area contributed by atoms with Crippen LogP contribution in [-0.4, -0.2) is 139 Å². The predicted octanol–water partition coefficient (Wildman–Crippen LogP) is -7.32. The van der Waals surface area contributed by atoms with E-state index in [4.69, 9.17) is 51.6 Å². The normalized spacial score (nSPS) is 13.8. The van der Waals surface area contributed by atoms with Crippen LogP contribution < -0.4 is 78.2 Å². The van der Waals surface area contributed by atoms with Gasteiger partial charge >= 0.3 is 5.97 Å². The van der Waals surface area contributed by atoms with E-state index in [0.29, 0.717) is 6.42 Å². The van der Waals surface area contributed by atoms with E-state index in [0.717, 1.165) is 0 Å². The van der Waals surface area contributed by atoms with Gasteiger partial charge in [-0.15, -0.1) is 0 Å². The third-order valence-corrected chi connectivity index (χ3v) is 8.08. The number of nitrogens with one attached hydrogen (secondary N) is 5. The SMILES string of the molecule is CC(C)C(NC(=O)C(CCCN=C(N)N)NC(=O)C(N)CCCN=C(N)N)C(=O)NC(CO)C(=O)NC(CCCN=C(N)N)C(=O)NC(CCCN=C(N)N)C(=O)O. The molecule has 0 bridgehead atoms. The third-order valence-electron chi connectivity index (χ3n) is 8.08. The van der Waals surface area contributed by atoms with Crippen molar-refractivity contribution >= 4 is 59.3 Å². The Balaban J connectivity index is 6.04. The van der Waals surface area contributed by atoms with Crippen LogP contribution in [-0.2, 0) is 28.8 Å². The molecule has 5 amide bonds. The quantitative estimate of drug-likeness (QED) is 0.0189. The number of guanidine groups is 4. The van der Waals surface area contributed by atoms with Crippen LogP contribution in [0.2, 0.25) is 0 Å². The van der Waals surface area contributed by atoms with Crippen molar-refractivity contribution in [3.8, 4) is 0 Å². The highest BCUT2D eigenvalue weighted by Gasteiger charge is 2.33. The number of carboxylic acids is 1. The van der Waals surface area contributed by atoms with E-state index in [1.54, 1.807) is 13.8 Å². The van der Waals surface area contributed by atoms with Crippen molar-refractivity contribution in [2.24, 2.45) is 77.5 Å². The Kier molecular flexibility index (Phi) is 25.2. The summed E-state index contributed by atoms with van der Waals surface area (Å²) < 4.78 is 0. The number of hydrogen-bond acceptors (Lipinski definition) is 12. The minimum absolute atomic E-state index is 0.0365. The maximum atomic E-state index is 13.6. The van der Waals surface area contributed by atoms with Gasteiger partial charge in [0.05, 0.1) is 12.6 Å². The van der Waals surface area contributed by atoms with Crippen LogP contribution in [0, 0.1) is 5.92 Å². The zero-order chi connectivity index (χ0) is 44.4. The van der Waals surface area contributed by atoms with Gasteiger partial charge in [-0.25, -0.2) is 4.79 Å². The molecule has 0 aliphatic rings. The second kappa shape index (κ2) is 28.3. The lowest BCUT2D eigenvalue weighted by Crippen LogP contribution is -2.61. The van der Waals surface area contributed by atoms with Crippen LogP contribution in [0.5, 0.6) is 0 Å². The molecule has 0 aromatic heterocycles. The van der Waals surface area contributed by atoms with Crippen molar-refractivity contribution in [3.63, 3.8) is 0 Å². The molecule has 25 N–H and O–H groups in total. The molecule has 0 saturated heterocycles. The molecular weight excluding hydrogens is 764 g/mol. The zero-order valence-corrected chi connectivity index (χ0v) is 33.1. The van der Waals surface area contributed by atoms with Gasteiger partial charge in [-0.1, -0.05) is 13.8 Å². The highest BCUT2D eigenvalue weighted by Crippen LogP contribution is 2.08. The highest BCUT2D eigenvalue weighted by molar-refractivity contribution is 5.96. The Hall–Kier alpha value is -6.18. The van der Waals surface area contributed by atoms with Crippen LogP contribution in [0.1, 0.15) is 65.2 Å². The molecular formula is C32H64N18O8. The van der Waals surface area contributed by atoms with Gasteiger partial charge in [-0.3, -0.25) is 43.9 Å². The maximum Gasteiger partial charge on any atom is 0.326 e. The Morgan fingerprint density at radius 2 is 0.810 bits per heavy atom. The molecule has 0 heterocycles. The van der Waals surface area contributed by atoms with Crippen LogP contribution in [0.25, 0.3) is 0 Å². The van der Waals surface area contributed by atoms with E-state index in [1.807, 2.05) is 0 Å². The summed E-state index contributed by atoms with van der Waals surface area (Å²) in [7, 11) is 0. The summed E-state index contributed by atoms with van der Waals surface area (Å²) in [5.41, 5.74) is 48.8. The van der Waals surface area contributed by atoms with Gasteiger partial charge in [0, 0.05) is 26.2 Å². The minimum Gasteiger partial charge on any atom is -0.480 e. The monoisotopic (exact) mass is 829 g/mol. The summed E-state index contributed by atoms with van der Waals surface area (Å²) >= 11 is 0. The van der Waals surface area contributed by atoms with E-state index >= 15 is 0 Å². The molecule has 6 atom stereocenters. The molecule has 0 aliphatic carbocycles. The summed E-state index contributed by atoms with van der Waals surface area (Å²) in [6.07, 6.45) is 1.05. The third kappa shape index (κ3) is 23.0. The van der Waals surface area contributed by atoms with E-state index in [-0.39, 0.29) is 95.0 Å². The van der Waals surface area contributed by atoms with Crippen LogP contribution >= 0.6 is 0 Å². The first-order chi connectivity index (χ1) is 27.2. The van der Waals surface area contributed by atoms with Gasteiger partial charge in [0.2, 0.25) is 29.5 Å². The lowest BCUT2D eigenvalue weighted by atomic mass is 10.0. The van der Waals surface area contributed by atoms with E-state index in [1.165, 1.54) is 0 Å². The summed E-state index contributed by atoms with van der Waals surface area (Å²) in [6.45, 7) is 2.77. The van der Waals surface area contributed by atoms with Crippen LogP contribution in [0.3, 0.4) is 0 Å². The standard InChI is InChI=1S/C32H64N18O8/c1-16(2)22(50-25(54)19(9-5-13-44-31(38)39)46-23(52)17(33)7-3-11-42-29(34)35)27(56)49-21(15-51)26(55)47-18(8-4-12-43-30(36)37)24(53)48-20(28(57)58)10-6-14-45-32(40)41/h16-22,51H,3-15,33H2,1-2H3,(H,46,52)(H,47,55)(H,48,53)(H,49,56)(H,50,54)(H,57,58)(H4,34,35,42)(H4,36,37,43)(H4,38,39,44)(H4,40,41,45). The summed E-state index contributed by atoms with van der Waals surface area (Å²) in [4.78, 5) is 94.0. The van der Waals surface area contributed by atoms with Gasteiger partial charge in [0.25, 0.3) is 0 Å². The van der Waals surface area contributed by atoms with E-state index in [9.17, 15) is 39.0 Å². The Morgan fingerprint density at radius 3 is 1.19 bits per heavy atom. The van der Waals surface area contributed by atoms with Gasteiger partial charge in [0.15, 0.2) is 23.8 Å². The summed E-state index contributed by atoms with van der Waals surface area (Å²) in [5, 5.41) is 32.2. The number of hydrogen-bond donors (Lipinski definition) is 16. The molecule has 0 rings (SSSR count). The van der Waals surface area contributed by atoms with Gasteiger partial charge in [-0.05, 0) is 57.3 Å². The van der Waals surface area contributed by atoms with Gasteiger partial charge in [-0.2, -0.15) is 0 Å². The molecule has 0 radical (unpaired) electrons. The second-order valence-corrected chi connectivity index (χ2v) is 13.4. The lowest BCUT2D eigenvalue weighted by molar-refractivity contribution is -0.142. The number of carbonyl (C=O) groups excluding carboxylic acids is 5. The fourth-order valence-electron chi connectivity index (χ4n) is 5.02. The van der Waals surface area contributed by atoms with Crippen molar-refractivity contribution in [2.75, 3.05) is 32.8 Å². The van der Waals surface area contributed by atoms with E-state index in [2.05, 4.69) is 46.6 Å². The van der Waals surface area contributed by atoms with E-state index < -0.39 is 84.3 Å². The zero-order valence-electron chi connectivity index (χ0n) is 33.1. The number of aliphatic imine (C=N–C) groups is 4. The Bertz CT molecular complexity index is 1460. The number of carbonyl (C=O) groups is 6. The molecule has 26 heteroatoms. The Morgan fingerprint density at radius 1 is 0.483 bits per heavy atom. The molecule has 0 aromatic rings. The fourth-order valence-corrected chi connectivity index (χ4v) is 5.02. The van der Waals surface area contributed by atoms with Crippen molar-refractivity contribution in [3.05, 3.63) is 0 Å². The summed E-state index contributed by atoms with van der Waals surface area (Å²) in [6, 6.07) is -7.91. The highest BCUT2D eigenvalue weighted by atomic mass is 16.4. The second-order valence-electron chi connectivity index (χ2n) is 13.4. The number of aliphatic hydroxyl groups is 1. The smallest absolute Gasteiger partial charge is 0.326 e. The molecule has 0 aromatic carbocycles. The molecule has 0 fully saturated rings. The molecule has 0 saturated carbocycles. The number of nitrogens with zero attached hydrogens (tertiary/aromatic N) is 4. The largest absolute Gasteiger partial charge is 0.480 e. The predicted molar refractivity (Wildman–Crippen MR) is 217 cm³/mol. The van der Waals surface area contributed by atoms with Crippen LogP contribution in [0.15, 0.2) is 20.0 Å². The number of rotatable bonds is 29. The average Bonchev–Trinajstić information content (AvgIpc) is 3.13. The number of amides is 5. The van der Waals surface area contributed by atoms with Crippen molar-refractivity contribution in [1.82, 2.24) is 26.6 Å². The number of aliphatic hydroxyl groups excluding tert-OH is 1. The Labute approximate surface area is 336 Å². The molecule has 0 aliphatic heterocycles. The average molecular weight is 829 g/mol. The first-order valence-electron chi connectivity index (χ1n) is 18.5. The molecule has 0 spiro atoms. The van der Waals surface area contributed by atoms with Gasteiger partial charge < -0.3 is 88.4 Å². The van der Waals surface area contributed by atoms with Gasteiger partial charge in [0.1, 0.15) is 30.2 Å². The van der Waals surface area contributed by atoms with Crippen LogP contribution in [0.4, 0.5) is 0 Å². The van der Waals surface area contributed by atoms with Crippen molar-refractivity contribution in [2.45, 2.75) is 101 Å². The number of nitrogens with two attached hydrogens (primary N) is 9. The number of aliphatic carboxylic acids is 1. The first kappa shape index (κ1) is 51.8. The van der Waals surface area contributed by atoms with Crippen molar-refractivity contribution in [1.29, 1.82) is 0 Å². The first-order valence-corrected chi connectivity index (χ1v) is 18.5. The molecule has 26 nitrogen and oxygen atoms in total. The maximum absolute atomic E-state index is 13.6. The molecule has 330 valence electrons. The number of carboxylic acid groups (broad SMARTS) is 1. The summed E-state index contributed by atoms with van der Waals surface area (Å²) in [5.74, 6) is -6.86. The lowest BCUT2D eigenvalue weighted by Gasteiger charge is -2.28. The molecule has 6 unspecified atom stereocenters. The molecule has 58 heavy (non-hydrogen) atoms. The van der Waals surface area contributed by atoms with Crippen molar-refractivity contribution < 1.29 is 39.0 Å².